The number of nitrogens with two attached hydrogens (primary N) is 1. The largest absolute Gasteiger partial charge is 0.327 e. The van der Waals surface area contributed by atoms with Gasteiger partial charge in [-0.15, -0.1) is 0 Å². The minimum atomic E-state index is -0.391. The van der Waals surface area contributed by atoms with Crippen molar-refractivity contribution >= 4 is 5.91 Å². The Morgan fingerprint density at radius 3 is 2.58 bits per heavy atom. The van der Waals surface area contributed by atoms with E-state index >= 15 is 0 Å². The molecule has 0 bridgehead atoms. The van der Waals surface area contributed by atoms with Crippen LogP contribution in [0.3, 0.4) is 0 Å². The Kier molecular flexibility index (Phi) is 2.39. The summed E-state index contributed by atoms with van der Waals surface area (Å²) in [6, 6.07) is 0. The Hall–Kier alpha value is -0.610. The zero-order valence-corrected chi connectivity index (χ0v) is 8.00. The van der Waals surface area contributed by atoms with Crippen molar-refractivity contribution in [1.82, 2.24) is 9.80 Å². The van der Waals surface area contributed by atoms with Crippen LogP contribution in [-0.2, 0) is 4.79 Å². The minimum Gasteiger partial charge on any atom is -0.327 e. The average Bonchev–Trinajstić information content (AvgIpc) is 2.02. The molecule has 70 valence electrons. The predicted molar refractivity (Wildman–Crippen MR) is 47.5 cm³/mol. The van der Waals surface area contributed by atoms with E-state index < -0.39 is 5.54 Å². The van der Waals surface area contributed by atoms with Gasteiger partial charge >= 0.3 is 0 Å². The van der Waals surface area contributed by atoms with Gasteiger partial charge in [-0.2, -0.15) is 0 Å². The Labute approximate surface area is 73.3 Å². The fourth-order valence-electron chi connectivity index (χ4n) is 1.38. The number of likely N-dealkylation sites (N-methyl/N-ethyl adjacent to an activating group) is 1. The molecule has 0 aliphatic carbocycles. The van der Waals surface area contributed by atoms with E-state index in [0.29, 0.717) is 6.67 Å². The lowest BCUT2D eigenvalue weighted by molar-refractivity contribution is -0.147. The summed E-state index contributed by atoms with van der Waals surface area (Å²) < 4.78 is 0. The normalized spacial score (nSPS) is 24.7. The van der Waals surface area contributed by atoms with Gasteiger partial charge in [0.25, 0.3) is 0 Å². The summed E-state index contributed by atoms with van der Waals surface area (Å²) in [4.78, 5) is 15.4. The maximum absolute atomic E-state index is 11.7. The smallest absolute Gasteiger partial charge is 0.243 e. The first-order chi connectivity index (χ1) is 5.50. The second kappa shape index (κ2) is 3.03. The van der Waals surface area contributed by atoms with Gasteiger partial charge < -0.3 is 10.6 Å². The third-order valence-corrected chi connectivity index (χ3v) is 2.69. The third kappa shape index (κ3) is 1.32. The van der Waals surface area contributed by atoms with Crippen LogP contribution in [0.25, 0.3) is 0 Å². The molecule has 0 aromatic rings. The molecule has 0 spiro atoms. The standard InChI is InChI=1S/C8H17N3O/c1-8(2)7(12)11(6-9)5-4-10(8)3/h4-6,9H2,1-3H3. The number of hydrogen-bond donors (Lipinski definition) is 1. The molecule has 2 N–H and O–H groups in total. The van der Waals surface area contributed by atoms with E-state index in [2.05, 4.69) is 4.90 Å². The lowest BCUT2D eigenvalue weighted by atomic mass is 9.99. The molecule has 0 unspecified atom stereocenters. The Morgan fingerprint density at radius 1 is 1.50 bits per heavy atom. The van der Waals surface area contributed by atoms with Gasteiger partial charge in [0.05, 0.1) is 12.2 Å². The molecule has 4 heteroatoms. The summed E-state index contributed by atoms with van der Waals surface area (Å²) in [6.07, 6.45) is 0. The molecule has 0 aromatic carbocycles. The van der Waals surface area contributed by atoms with Crippen LogP contribution in [0, 0.1) is 0 Å². The summed E-state index contributed by atoms with van der Waals surface area (Å²) in [5.74, 6) is 0.124. The van der Waals surface area contributed by atoms with Gasteiger partial charge in [0.15, 0.2) is 0 Å². The van der Waals surface area contributed by atoms with Crippen LogP contribution in [0.2, 0.25) is 0 Å². The number of rotatable bonds is 1. The summed E-state index contributed by atoms with van der Waals surface area (Å²) in [7, 11) is 1.96. The molecule has 0 atom stereocenters. The molecule has 1 saturated heterocycles. The Morgan fingerprint density at radius 2 is 2.08 bits per heavy atom. The highest BCUT2D eigenvalue weighted by atomic mass is 16.2. The van der Waals surface area contributed by atoms with Gasteiger partial charge in [0, 0.05) is 13.1 Å². The first-order valence-corrected chi connectivity index (χ1v) is 4.21. The van der Waals surface area contributed by atoms with Crippen LogP contribution < -0.4 is 5.73 Å². The number of hydrogen-bond acceptors (Lipinski definition) is 3. The molecule has 1 heterocycles. The average molecular weight is 171 g/mol. The number of carbonyl (C=O) groups excluding carboxylic acids is 1. The van der Waals surface area contributed by atoms with Crippen molar-refractivity contribution in [2.24, 2.45) is 5.73 Å². The molecule has 0 aromatic heterocycles. The number of piperazine rings is 1. The van der Waals surface area contributed by atoms with E-state index in [0.717, 1.165) is 13.1 Å². The summed E-state index contributed by atoms with van der Waals surface area (Å²) in [6.45, 7) is 5.83. The number of amides is 1. The van der Waals surface area contributed by atoms with Crippen molar-refractivity contribution in [2.45, 2.75) is 19.4 Å². The van der Waals surface area contributed by atoms with Gasteiger partial charge in [-0.1, -0.05) is 0 Å². The van der Waals surface area contributed by atoms with Gasteiger partial charge in [-0.25, -0.2) is 0 Å². The number of nitrogens with zero attached hydrogens (tertiary/aromatic N) is 2. The Bertz CT molecular complexity index is 191. The van der Waals surface area contributed by atoms with E-state index in [9.17, 15) is 4.79 Å². The van der Waals surface area contributed by atoms with E-state index in [-0.39, 0.29) is 5.91 Å². The molecule has 1 amide bonds. The quantitative estimate of drug-likeness (QED) is 0.576. The maximum atomic E-state index is 11.7. The topological polar surface area (TPSA) is 49.6 Å². The SMILES string of the molecule is CN1CCN(CN)C(=O)C1(C)C. The van der Waals surface area contributed by atoms with Crippen molar-refractivity contribution in [1.29, 1.82) is 0 Å². The predicted octanol–water partition coefficient (Wildman–Crippen LogP) is -0.545. The maximum Gasteiger partial charge on any atom is 0.243 e. The molecule has 1 aliphatic rings. The molecule has 0 radical (unpaired) electrons. The van der Waals surface area contributed by atoms with Crippen LogP contribution in [0.1, 0.15) is 13.8 Å². The zero-order valence-electron chi connectivity index (χ0n) is 8.00. The van der Waals surface area contributed by atoms with Crippen molar-refractivity contribution in [2.75, 3.05) is 26.8 Å². The monoisotopic (exact) mass is 171 g/mol. The second-order valence-corrected chi connectivity index (χ2v) is 3.73. The van der Waals surface area contributed by atoms with E-state index in [4.69, 9.17) is 5.73 Å². The van der Waals surface area contributed by atoms with Crippen LogP contribution in [0.15, 0.2) is 0 Å². The fourth-order valence-corrected chi connectivity index (χ4v) is 1.38. The van der Waals surface area contributed by atoms with E-state index in [1.54, 1.807) is 4.90 Å². The van der Waals surface area contributed by atoms with Crippen molar-refractivity contribution in [3.63, 3.8) is 0 Å². The second-order valence-electron chi connectivity index (χ2n) is 3.73. The molecule has 4 nitrogen and oxygen atoms in total. The van der Waals surface area contributed by atoms with Crippen LogP contribution in [-0.4, -0.2) is 48.1 Å². The zero-order chi connectivity index (χ0) is 9.35. The van der Waals surface area contributed by atoms with E-state index in [1.807, 2.05) is 20.9 Å². The molecular formula is C8H17N3O. The van der Waals surface area contributed by atoms with Crippen molar-refractivity contribution in [3.05, 3.63) is 0 Å². The summed E-state index contributed by atoms with van der Waals surface area (Å²) in [5.41, 5.74) is 5.06. The third-order valence-electron chi connectivity index (χ3n) is 2.69. The molecular weight excluding hydrogens is 154 g/mol. The fraction of sp³-hybridized carbons (Fsp3) is 0.875. The Balaban J connectivity index is 2.78. The summed E-state index contributed by atoms with van der Waals surface area (Å²) >= 11 is 0. The summed E-state index contributed by atoms with van der Waals surface area (Å²) in [5, 5.41) is 0. The minimum absolute atomic E-state index is 0.124. The van der Waals surface area contributed by atoms with Gasteiger partial charge in [-0.05, 0) is 20.9 Å². The van der Waals surface area contributed by atoms with Crippen molar-refractivity contribution in [3.8, 4) is 0 Å². The van der Waals surface area contributed by atoms with Crippen molar-refractivity contribution < 1.29 is 4.79 Å². The molecule has 1 aliphatic heterocycles. The highest BCUT2D eigenvalue weighted by Crippen LogP contribution is 2.19. The van der Waals surface area contributed by atoms with Gasteiger partial charge in [0.1, 0.15) is 0 Å². The lowest BCUT2D eigenvalue weighted by Gasteiger charge is -2.43. The number of carbonyl (C=O) groups is 1. The van der Waals surface area contributed by atoms with Crippen LogP contribution >= 0.6 is 0 Å². The molecule has 12 heavy (non-hydrogen) atoms. The molecule has 1 rings (SSSR count). The van der Waals surface area contributed by atoms with E-state index in [1.165, 1.54) is 0 Å². The van der Waals surface area contributed by atoms with Gasteiger partial charge in [-0.3, -0.25) is 9.69 Å². The first kappa shape index (κ1) is 9.48. The first-order valence-electron chi connectivity index (χ1n) is 4.21. The van der Waals surface area contributed by atoms with Crippen LogP contribution in [0.5, 0.6) is 0 Å². The molecule has 1 fully saturated rings. The highest BCUT2D eigenvalue weighted by molar-refractivity contribution is 5.86. The highest BCUT2D eigenvalue weighted by Gasteiger charge is 2.38. The van der Waals surface area contributed by atoms with Gasteiger partial charge in [0.2, 0.25) is 5.91 Å². The lowest BCUT2D eigenvalue weighted by Crippen LogP contribution is -2.62. The molecule has 0 saturated carbocycles. The van der Waals surface area contributed by atoms with Crippen LogP contribution in [0.4, 0.5) is 0 Å².